The third-order valence-corrected chi connectivity index (χ3v) is 2.04. The lowest BCUT2D eigenvalue weighted by molar-refractivity contribution is 0.969. The highest BCUT2D eigenvalue weighted by Gasteiger charge is 1.90. The maximum absolute atomic E-state index is 4.23. The van der Waals surface area contributed by atoms with E-state index in [4.69, 9.17) is 0 Å². The normalized spacial score (nSPS) is 11.5. The first-order valence-electron chi connectivity index (χ1n) is 4.09. The van der Waals surface area contributed by atoms with Crippen LogP contribution in [0.2, 0.25) is 0 Å². The molecule has 1 heteroatoms. The lowest BCUT2D eigenvalue weighted by Crippen LogP contribution is -1.83. The Morgan fingerprint density at radius 1 is 1.36 bits per heavy atom. The number of hydrogen-bond acceptors (Lipinski definition) is 1. The molecule has 64 valence electrons. The minimum atomic E-state index is 0.896. The Labute approximate surface area is 75.8 Å². The van der Waals surface area contributed by atoms with Gasteiger partial charge in [-0.05, 0) is 33.6 Å². The fourth-order valence-corrected chi connectivity index (χ4v) is 1.20. The molecule has 0 aromatic heterocycles. The van der Waals surface area contributed by atoms with E-state index in [0.717, 1.165) is 18.6 Å². The van der Waals surface area contributed by atoms with E-state index < -0.39 is 0 Å². The molecule has 0 aromatic carbocycles. The first-order chi connectivity index (χ1) is 5.20. The highest BCUT2D eigenvalue weighted by molar-refractivity contribution is 7.80. The van der Waals surface area contributed by atoms with E-state index in [1.165, 1.54) is 11.1 Å². The Bertz CT molecular complexity index is 150. The van der Waals surface area contributed by atoms with E-state index in [2.05, 4.69) is 45.6 Å². The third-order valence-electron chi connectivity index (χ3n) is 1.63. The van der Waals surface area contributed by atoms with Crippen molar-refractivity contribution in [1.29, 1.82) is 0 Å². The van der Waals surface area contributed by atoms with Crippen LogP contribution >= 0.6 is 12.6 Å². The molecule has 0 saturated heterocycles. The molecule has 0 aliphatic carbocycles. The van der Waals surface area contributed by atoms with Crippen LogP contribution in [0.5, 0.6) is 0 Å². The van der Waals surface area contributed by atoms with Gasteiger partial charge in [-0.1, -0.05) is 23.3 Å². The van der Waals surface area contributed by atoms with Gasteiger partial charge in [-0.15, -0.1) is 0 Å². The third kappa shape index (κ3) is 6.24. The summed E-state index contributed by atoms with van der Waals surface area (Å²) in [6.07, 6.45) is 6.74. The van der Waals surface area contributed by atoms with Gasteiger partial charge in [0.15, 0.2) is 0 Å². The molecule has 0 aliphatic rings. The summed E-state index contributed by atoms with van der Waals surface area (Å²) in [7, 11) is 0. The van der Waals surface area contributed by atoms with Crippen LogP contribution in [0.3, 0.4) is 0 Å². The fraction of sp³-hybridized carbons (Fsp3) is 0.600. The van der Waals surface area contributed by atoms with Gasteiger partial charge in [0.05, 0.1) is 0 Å². The summed E-state index contributed by atoms with van der Waals surface area (Å²) in [6, 6.07) is 0. The van der Waals surface area contributed by atoms with Gasteiger partial charge in [0.2, 0.25) is 0 Å². The second kappa shape index (κ2) is 6.53. The fourth-order valence-electron chi connectivity index (χ4n) is 0.861. The molecule has 0 saturated carbocycles. The van der Waals surface area contributed by atoms with Crippen molar-refractivity contribution in [1.82, 2.24) is 0 Å². The second-order valence-corrected chi connectivity index (χ2v) is 3.24. The zero-order valence-electron chi connectivity index (χ0n) is 7.72. The maximum atomic E-state index is 4.23. The lowest BCUT2D eigenvalue weighted by Gasteiger charge is -1.99. The first kappa shape index (κ1) is 10.8. The van der Waals surface area contributed by atoms with Gasteiger partial charge < -0.3 is 0 Å². The highest BCUT2D eigenvalue weighted by Crippen LogP contribution is 2.08. The van der Waals surface area contributed by atoms with Crippen LogP contribution in [0.15, 0.2) is 23.3 Å². The number of hydrogen-bond donors (Lipinski definition) is 1. The number of allylic oxidation sites excluding steroid dienone is 3. The van der Waals surface area contributed by atoms with E-state index in [1.807, 2.05) is 0 Å². The molecular formula is C10H18S. The summed E-state index contributed by atoms with van der Waals surface area (Å²) in [5.41, 5.74) is 2.84. The molecule has 0 unspecified atom stereocenters. The summed E-state index contributed by atoms with van der Waals surface area (Å²) < 4.78 is 0. The van der Waals surface area contributed by atoms with Crippen LogP contribution < -0.4 is 0 Å². The Balaban J connectivity index is 3.61. The van der Waals surface area contributed by atoms with Gasteiger partial charge >= 0.3 is 0 Å². The quantitative estimate of drug-likeness (QED) is 0.483. The summed E-state index contributed by atoms with van der Waals surface area (Å²) in [6.45, 7) is 6.35. The molecule has 0 aromatic rings. The van der Waals surface area contributed by atoms with E-state index >= 15 is 0 Å². The number of rotatable bonds is 4. The first-order valence-corrected chi connectivity index (χ1v) is 4.72. The van der Waals surface area contributed by atoms with E-state index in [1.54, 1.807) is 0 Å². The molecule has 0 fully saturated rings. The molecule has 0 N–H and O–H groups in total. The monoisotopic (exact) mass is 170 g/mol. The van der Waals surface area contributed by atoms with Crippen LogP contribution in [0.25, 0.3) is 0 Å². The lowest BCUT2D eigenvalue weighted by atomic mass is 10.1. The summed E-state index contributed by atoms with van der Waals surface area (Å²) in [5.74, 6) is 0.896. The Morgan fingerprint density at radius 2 is 2.00 bits per heavy atom. The predicted octanol–water partition coefficient (Wildman–Crippen LogP) is 3.61. The Hall–Kier alpha value is -0.170. The molecule has 0 rings (SSSR count). The summed E-state index contributed by atoms with van der Waals surface area (Å²) in [5, 5.41) is 0. The van der Waals surface area contributed by atoms with E-state index in [9.17, 15) is 0 Å². The van der Waals surface area contributed by atoms with Crippen molar-refractivity contribution in [2.75, 3.05) is 5.75 Å². The standard InChI is InChI=1S/C10H18S/c1-4-10(8-11)7-5-6-9(2)3/h4,6,11H,5,7-8H2,1-3H3/b10-4+. The van der Waals surface area contributed by atoms with Crippen molar-refractivity contribution in [3.63, 3.8) is 0 Å². The molecule has 0 nitrogen and oxygen atoms in total. The van der Waals surface area contributed by atoms with Crippen molar-refractivity contribution in [3.8, 4) is 0 Å². The molecular weight excluding hydrogens is 152 g/mol. The van der Waals surface area contributed by atoms with Crippen molar-refractivity contribution in [3.05, 3.63) is 23.3 Å². The molecule has 0 heterocycles. The molecule has 0 bridgehead atoms. The van der Waals surface area contributed by atoms with Gasteiger partial charge in [0, 0.05) is 5.75 Å². The minimum absolute atomic E-state index is 0.896. The topological polar surface area (TPSA) is 0 Å². The van der Waals surface area contributed by atoms with Crippen molar-refractivity contribution < 1.29 is 0 Å². The minimum Gasteiger partial charge on any atom is -0.175 e. The highest BCUT2D eigenvalue weighted by atomic mass is 32.1. The average Bonchev–Trinajstić information content (AvgIpc) is 1.98. The molecule has 0 amide bonds. The van der Waals surface area contributed by atoms with Gasteiger partial charge in [0.1, 0.15) is 0 Å². The van der Waals surface area contributed by atoms with Gasteiger partial charge in [-0.2, -0.15) is 12.6 Å². The van der Waals surface area contributed by atoms with E-state index in [0.29, 0.717) is 0 Å². The Morgan fingerprint density at radius 3 is 2.36 bits per heavy atom. The van der Waals surface area contributed by atoms with Crippen LogP contribution in [0.4, 0.5) is 0 Å². The van der Waals surface area contributed by atoms with Crippen LogP contribution in [0.1, 0.15) is 33.6 Å². The zero-order valence-corrected chi connectivity index (χ0v) is 8.62. The largest absolute Gasteiger partial charge is 0.175 e. The maximum Gasteiger partial charge on any atom is 0.0112 e. The SMILES string of the molecule is C/C=C(/CS)CCC=C(C)C. The van der Waals surface area contributed by atoms with Gasteiger partial charge in [-0.25, -0.2) is 0 Å². The smallest absolute Gasteiger partial charge is 0.0112 e. The van der Waals surface area contributed by atoms with Crippen LogP contribution in [-0.2, 0) is 0 Å². The molecule has 0 aliphatic heterocycles. The zero-order chi connectivity index (χ0) is 8.69. The predicted molar refractivity (Wildman–Crippen MR) is 56.3 cm³/mol. The molecule has 0 radical (unpaired) electrons. The summed E-state index contributed by atoms with van der Waals surface area (Å²) >= 11 is 4.23. The summed E-state index contributed by atoms with van der Waals surface area (Å²) in [4.78, 5) is 0. The molecule has 11 heavy (non-hydrogen) atoms. The average molecular weight is 170 g/mol. The van der Waals surface area contributed by atoms with Crippen molar-refractivity contribution in [2.24, 2.45) is 0 Å². The van der Waals surface area contributed by atoms with Gasteiger partial charge in [0.25, 0.3) is 0 Å². The van der Waals surface area contributed by atoms with Crippen molar-refractivity contribution in [2.45, 2.75) is 33.6 Å². The van der Waals surface area contributed by atoms with Gasteiger partial charge in [-0.3, -0.25) is 0 Å². The molecule has 0 atom stereocenters. The Kier molecular flexibility index (Phi) is 6.43. The molecule has 0 spiro atoms. The van der Waals surface area contributed by atoms with Crippen LogP contribution in [-0.4, -0.2) is 5.75 Å². The van der Waals surface area contributed by atoms with Crippen LogP contribution in [0, 0.1) is 0 Å². The second-order valence-electron chi connectivity index (χ2n) is 2.93. The van der Waals surface area contributed by atoms with Crippen molar-refractivity contribution >= 4 is 12.6 Å². The number of thiol groups is 1. The van der Waals surface area contributed by atoms with E-state index in [-0.39, 0.29) is 0 Å².